The van der Waals surface area contributed by atoms with E-state index >= 15 is 0 Å². The minimum Gasteiger partial charge on any atom is -0.435 e. The first kappa shape index (κ1) is 18.3. The van der Waals surface area contributed by atoms with E-state index in [0.717, 1.165) is 15.4 Å². The predicted octanol–water partition coefficient (Wildman–Crippen LogP) is 4.15. The number of hydrogen-bond acceptors (Lipinski definition) is 6. The van der Waals surface area contributed by atoms with Crippen molar-refractivity contribution in [3.05, 3.63) is 58.9 Å². The maximum absolute atomic E-state index is 13.9. The van der Waals surface area contributed by atoms with Gasteiger partial charge in [-0.15, -0.1) is 0 Å². The van der Waals surface area contributed by atoms with Crippen molar-refractivity contribution >= 4 is 35.3 Å². The molecular weight excluding hydrogens is 393 g/mol. The fourth-order valence-electron chi connectivity index (χ4n) is 3.28. The lowest BCUT2D eigenvalue weighted by Gasteiger charge is -2.39. The molecule has 0 saturated carbocycles. The molecule has 0 N–H and O–H groups in total. The van der Waals surface area contributed by atoms with Crippen LogP contribution in [0, 0.1) is 5.82 Å². The van der Waals surface area contributed by atoms with Crippen molar-refractivity contribution in [3.8, 4) is 0 Å². The van der Waals surface area contributed by atoms with Crippen molar-refractivity contribution in [2.24, 2.45) is 0 Å². The standard InChI is InChI=1S/C19H15ClFNO4S/c20-12-1-4-14(5-2-12)27-16-10-13(21)3-6-15(16)11-7-8-22-17(9-11)25-18(23)19(24)26-22/h1-6,10-11,17H,7-9H2. The molecule has 0 aliphatic carbocycles. The zero-order valence-electron chi connectivity index (χ0n) is 14.1. The van der Waals surface area contributed by atoms with Crippen molar-refractivity contribution in [1.29, 1.82) is 0 Å². The van der Waals surface area contributed by atoms with Crippen molar-refractivity contribution in [1.82, 2.24) is 5.06 Å². The Morgan fingerprint density at radius 3 is 2.67 bits per heavy atom. The number of piperidine rings is 1. The molecule has 2 saturated heterocycles. The monoisotopic (exact) mass is 407 g/mol. The maximum Gasteiger partial charge on any atom is 0.436 e. The quantitative estimate of drug-likeness (QED) is 0.562. The number of nitrogens with zero attached hydrogens (tertiary/aromatic N) is 1. The van der Waals surface area contributed by atoms with Crippen LogP contribution in [-0.2, 0) is 19.2 Å². The van der Waals surface area contributed by atoms with Crippen LogP contribution in [0.25, 0.3) is 0 Å². The van der Waals surface area contributed by atoms with Crippen molar-refractivity contribution < 1.29 is 23.6 Å². The molecule has 0 amide bonds. The Morgan fingerprint density at radius 2 is 1.89 bits per heavy atom. The molecule has 0 radical (unpaired) electrons. The van der Waals surface area contributed by atoms with E-state index in [1.165, 1.54) is 29.0 Å². The molecule has 0 aromatic heterocycles. The smallest absolute Gasteiger partial charge is 0.435 e. The molecule has 2 heterocycles. The van der Waals surface area contributed by atoms with E-state index in [2.05, 4.69) is 0 Å². The fourth-order valence-corrected chi connectivity index (χ4v) is 4.45. The molecule has 2 atom stereocenters. The van der Waals surface area contributed by atoms with Gasteiger partial charge in [0.1, 0.15) is 5.82 Å². The first-order chi connectivity index (χ1) is 13.0. The molecule has 0 spiro atoms. The summed E-state index contributed by atoms with van der Waals surface area (Å²) in [7, 11) is 0. The molecule has 5 nitrogen and oxygen atoms in total. The number of hydrogen-bond donors (Lipinski definition) is 0. The number of carbonyl (C=O) groups is 2. The summed E-state index contributed by atoms with van der Waals surface area (Å²) in [5.74, 6) is -2.24. The van der Waals surface area contributed by atoms with Crippen LogP contribution in [0.3, 0.4) is 0 Å². The van der Waals surface area contributed by atoms with Crippen LogP contribution >= 0.6 is 23.4 Å². The van der Waals surface area contributed by atoms with Gasteiger partial charge in [0.25, 0.3) is 0 Å². The highest BCUT2D eigenvalue weighted by Crippen LogP contribution is 2.40. The van der Waals surface area contributed by atoms with Crippen molar-refractivity contribution in [2.45, 2.75) is 34.8 Å². The largest absolute Gasteiger partial charge is 0.436 e. The van der Waals surface area contributed by atoms with Crippen LogP contribution in [0.5, 0.6) is 0 Å². The van der Waals surface area contributed by atoms with Crippen molar-refractivity contribution in [2.75, 3.05) is 6.54 Å². The molecule has 0 bridgehead atoms. The number of carbonyl (C=O) groups excluding carboxylic acids is 2. The van der Waals surface area contributed by atoms with Crippen molar-refractivity contribution in [3.63, 3.8) is 0 Å². The average molecular weight is 408 g/mol. The highest BCUT2D eigenvalue weighted by atomic mass is 35.5. The second kappa shape index (κ2) is 7.50. The number of benzene rings is 2. The van der Waals surface area contributed by atoms with Crippen LogP contribution < -0.4 is 0 Å². The summed E-state index contributed by atoms with van der Waals surface area (Å²) in [4.78, 5) is 29.5. The number of esters is 1. The van der Waals surface area contributed by atoms with Gasteiger partial charge in [0.15, 0.2) is 6.23 Å². The summed E-state index contributed by atoms with van der Waals surface area (Å²) in [5, 5.41) is 2.04. The fraction of sp³-hybridized carbons (Fsp3) is 0.263. The van der Waals surface area contributed by atoms with E-state index in [1.807, 2.05) is 12.1 Å². The third kappa shape index (κ3) is 3.95. The van der Waals surface area contributed by atoms with Gasteiger partial charge in [-0.2, -0.15) is 0 Å². The topological polar surface area (TPSA) is 55.8 Å². The first-order valence-electron chi connectivity index (χ1n) is 8.42. The maximum atomic E-state index is 13.9. The van der Waals surface area contributed by atoms with Crippen LogP contribution in [0.4, 0.5) is 4.39 Å². The van der Waals surface area contributed by atoms with Gasteiger partial charge < -0.3 is 9.57 Å². The third-order valence-electron chi connectivity index (χ3n) is 4.57. The molecule has 140 valence electrons. The molecule has 2 aromatic rings. The summed E-state index contributed by atoms with van der Waals surface area (Å²) in [6, 6.07) is 12.0. The molecule has 2 aromatic carbocycles. The zero-order valence-corrected chi connectivity index (χ0v) is 15.6. The Labute approximate surface area is 164 Å². The van der Waals surface area contributed by atoms with Crippen LogP contribution in [0.15, 0.2) is 52.3 Å². The molecular formula is C19H15ClFNO4S. The third-order valence-corrected chi connectivity index (χ3v) is 5.91. The summed E-state index contributed by atoms with van der Waals surface area (Å²) in [5.41, 5.74) is 0.976. The molecule has 27 heavy (non-hydrogen) atoms. The Hall–Kier alpha value is -2.09. The van der Waals surface area contributed by atoms with Gasteiger partial charge >= 0.3 is 11.9 Å². The minimum atomic E-state index is -0.995. The number of rotatable bonds is 3. The van der Waals surface area contributed by atoms with Crippen LogP contribution in [0.1, 0.15) is 24.3 Å². The molecule has 2 aliphatic rings. The van der Waals surface area contributed by atoms with E-state index in [4.69, 9.17) is 21.2 Å². The lowest BCUT2D eigenvalue weighted by Crippen LogP contribution is -2.51. The Morgan fingerprint density at radius 1 is 1.11 bits per heavy atom. The lowest BCUT2D eigenvalue weighted by molar-refractivity contribution is -0.275. The van der Waals surface area contributed by atoms with Gasteiger partial charge in [0.05, 0.1) is 0 Å². The van der Waals surface area contributed by atoms with Gasteiger partial charge in [-0.3, -0.25) is 0 Å². The highest BCUT2D eigenvalue weighted by Gasteiger charge is 2.41. The number of halogens is 2. The zero-order chi connectivity index (χ0) is 19.0. The second-order valence-electron chi connectivity index (χ2n) is 6.34. The Kier molecular flexibility index (Phi) is 5.08. The van der Waals surface area contributed by atoms with Crippen LogP contribution in [-0.4, -0.2) is 29.8 Å². The number of fused-ring (bicyclic) bond motifs is 1. The highest BCUT2D eigenvalue weighted by molar-refractivity contribution is 7.99. The van der Waals surface area contributed by atoms with E-state index in [9.17, 15) is 14.0 Å². The van der Waals surface area contributed by atoms with Gasteiger partial charge in [-0.05, 0) is 54.3 Å². The molecule has 8 heteroatoms. The van der Waals surface area contributed by atoms with Gasteiger partial charge in [-0.1, -0.05) is 34.5 Å². The predicted molar refractivity (Wildman–Crippen MR) is 96.6 cm³/mol. The second-order valence-corrected chi connectivity index (χ2v) is 7.89. The van der Waals surface area contributed by atoms with E-state index < -0.39 is 18.2 Å². The van der Waals surface area contributed by atoms with Gasteiger partial charge in [0, 0.05) is 27.8 Å². The van der Waals surface area contributed by atoms with Gasteiger partial charge in [-0.25, -0.2) is 14.0 Å². The lowest BCUT2D eigenvalue weighted by atomic mass is 9.89. The summed E-state index contributed by atoms with van der Waals surface area (Å²) in [6.45, 7) is 0.441. The SMILES string of the molecule is O=C1OC2CC(c3ccc(F)cc3Sc3ccc(Cl)cc3)CCN2OC1=O. The van der Waals surface area contributed by atoms with E-state index in [-0.39, 0.29) is 11.7 Å². The molecule has 2 fully saturated rings. The van der Waals surface area contributed by atoms with Crippen LogP contribution in [0.2, 0.25) is 5.02 Å². The van der Waals surface area contributed by atoms with E-state index in [1.54, 1.807) is 18.2 Å². The Balaban J connectivity index is 1.57. The molecule has 2 unspecified atom stereocenters. The van der Waals surface area contributed by atoms with E-state index in [0.29, 0.717) is 24.4 Å². The Bertz CT molecular complexity index is 892. The normalized spacial score (nSPS) is 22.7. The minimum absolute atomic E-state index is 0.0475. The number of hydroxylamine groups is 2. The van der Waals surface area contributed by atoms with Gasteiger partial charge in [0.2, 0.25) is 0 Å². The number of ether oxygens (including phenoxy) is 1. The summed E-state index contributed by atoms with van der Waals surface area (Å²) < 4.78 is 19.0. The molecule has 4 rings (SSSR count). The summed E-state index contributed by atoms with van der Waals surface area (Å²) >= 11 is 7.38. The first-order valence-corrected chi connectivity index (χ1v) is 9.61. The summed E-state index contributed by atoms with van der Waals surface area (Å²) in [6.07, 6.45) is 0.548. The molecule has 2 aliphatic heterocycles. The average Bonchev–Trinajstić information content (AvgIpc) is 2.64.